The van der Waals surface area contributed by atoms with E-state index < -0.39 is 5.97 Å². The van der Waals surface area contributed by atoms with E-state index in [1.54, 1.807) is 0 Å². The number of thiophene rings is 1. The number of nitrogens with one attached hydrogen (secondary N) is 2. The van der Waals surface area contributed by atoms with Gasteiger partial charge in [-0.05, 0) is 49.7 Å². The lowest BCUT2D eigenvalue weighted by Crippen LogP contribution is -2.16. The summed E-state index contributed by atoms with van der Waals surface area (Å²) in [5, 5.41) is 7.99. The van der Waals surface area contributed by atoms with Gasteiger partial charge in [0.25, 0.3) is 0 Å². The molecule has 2 heterocycles. The SMILES string of the molecule is COC(=O)c1scc(C)c1NC(=O)CCC1CCNC1. The lowest BCUT2D eigenvalue weighted by molar-refractivity contribution is -0.116. The molecule has 2 rings (SSSR count). The van der Waals surface area contributed by atoms with Gasteiger partial charge in [0.1, 0.15) is 4.88 Å². The first-order valence-electron chi connectivity index (χ1n) is 6.78. The molecular formula is C14H20N2O3S. The highest BCUT2D eigenvalue weighted by Crippen LogP contribution is 2.28. The molecule has 0 spiro atoms. The van der Waals surface area contributed by atoms with E-state index in [1.807, 2.05) is 12.3 Å². The molecule has 1 aliphatic rings. The van der Waals surface area contributed by atoms with Gasteiger partial charge in [-0.3, -0.25) is 4.79 Å². The van der Waals surface area contributed by atoms with Crippen LogP contribution < -0.4 is 10.6 Å². The van der Waals surface area contributed by atoms with E-state index in [-0.39, 0.29) is 5.91 Å². The Kier molecular flexibility index (Phi) is 5.14. The Labute approximate surface area is 122 Å². The third-order valence-corrected chi connectivity index (χ3v) is 4.63. The zero-order valence-corrected chi connectivity index (χ0v) is 12.6. The number of hydrogen-bond acceptors (Lipinski definition) is 5. The standard InChI is InChI=1S/C14H20N2O3S/c1-9-8-20-13(14(18)19-2)12(9)16-11(17)4-3-10-5-6-15-7-10/h8,10,15H,3-7H2,1-2H3,(H,16,17). The van der Waals surface area contributed by atoms with Gasteiger partial charge in [-0.25, -0.2) is 4.79 Å². The van der Waals surface area contributed by atoms with Crippen LogP contribution in [0.1, 0.15) is 34.5 Å². The second kappa shape index (κ2) is 6.85. The van der Waals surface area contributed by atoms with E-state index in [9.17, 15) is 9.59 Å². The Morgan fingerprint density at radius 1 is 1.55 bits per heavy atom. The quantitative estimate of drug-likeness (QED) is 0.817. The zero-order chi connectivity index (χ0) is 14.5. The fraction of sp³-hybridized carbons (Fsp3) is 0.571. The maximum Gasteiger partial charge on any atom is 0.350 e. The van der Waals surface area contributed by atoms with Crippen molar-refractivity contribution in [1.82, 2.24) is 5.32 Å². The second-order valence-corrected chi connectivity index (χ2v) is 5.94. The number of hydrogen-bond donors (Lipinski definition) is 2. The molecule has 5 nitrogen and oxygen atoms in total. The van der Waals surface area contributed by atoms with Gasteiger partial charge in [-0.1, -0.05) is 0 Å². The molecule has 0 radical (unpaired) electrons. The molecule has 2 N–H and O–H groups in total. The summed E-state index contributed by atoms with van der Waals surface area (Å²) < 4.78 is 4.73. The predicted molar refractivity (Wildman–Crippen MR) is 79.2 cm³/mol. The molecule has 1 fully saturated rings. The van der Waals surface area contributed by atoms with E-state index in [4.69, 9.17) is 4.74 Å². The number of aryl methyl sites for hydroxylation is 1. The first kappa shape index (κ1) is 15.0. The van der Waals surface area contributed by atoms with Crippen LogP contribution in [0.15, 0.2) is 5.38 Å². The van der Waals surface area contributed by atoms with Crippen LogP contribution >= 0.6 is 11.3 Å². The Balaban J connectivity index is 1.93. The maximum atomic E-state index is 12.0. The number of methoxy groups -OCH3 is 1. The van der Waals surface area contributed by atoms with Crippen molar-refractivity contribution < 1.29 is 14.3 Å². The van der Waals surface area contributed by atoms with Crippen molar-refractivity contribution in [2.75, 3.05) is 25.5 Å². The van der Waals surface area contributed by atoms with Crippen molar-refractivity contribution in [2.45, 2.75) is 26.2 Å². The van der Waals surface area contributed by atoms with Gasteiger partial charge in [0.2, 0.25) is 5.91 Å². The third-order valence-electron chi connectivity index (χ3n) is 3.55. The van der Waals surface area contributed by atoms with Gasteiger partial charge < -0.3 is 15.4 Å². The number of carbonyl (C=O) groups is 2. The highest BCUT2D eigenvalue weighted by atomic mass is 32.1. The molecule has 20 heavy (non-hydrogen) atoms. The topological polar surface area (TPSA) is 67.4 Å². The maximum absolute atomic E-state index is 12.0. The number of ether oxygens (including phenoxy) is 1. The van der Waals surface area contributed by atoms with Gasteiger partial charge in [0.15, 0.2) is 0 Å². The van der Waals surface area contributed by atoms with Crippen LogP contribution in [0.3, 0.4) is 0 Å². The summed E-state index contributed by atoms with van der Waals surface area (Å²) in [4.78, 5) is 24.1. The lowest BCUT2D eigenvalue weighted by Gasteiger charge is -2.09. The minimum absolute atomic E-state index is 0.0384. The van der Waals surface area contributed by atoms with E-state index >= 15 is 0 Å². The van der Waals surface area contributed by atoms with Crippen molar-refractivity contribution in [3.8, 4) is 0 Å². The summed E-state index contributed by atoms with van der Waals surface area (Å²) in [5.74, 6) is 0.145. The Morgan fingerprint density at radius 2 is 2.35 bits per heavy atom. The summed E-state index contributed by atoms with van der Waals surface area (Å²) in [5.41, 5.74) is 1.49. The summed E-state index contributed by atoms with van der Waals surface area (Å²) in [7, 11) is 1.34. The molecule has 110 valence electrons. The van der Waals surface area contributed by atoms with Gasteiger partial charge in [-0.15, -0.1) is 11.3 Å². The van der Waals surface area contributed by atoms with Crippen molar-refractivity contribution in [1.29, 1.82) is 0 Å². The number of carbonyl (C=O) groups excluding carboxylic acids is 2. The molecule has 6 heteroatoms. The van der Waals surface area contributed by atoms with Crippen LogP contribution in [0.25, 0.3) is 0 Å². The Morgan fingerprint density at radius 3 is 3.00 bits per heavy atom. The molecule has 1 amide bonds. The average Bonchev–Trinajstić information content (AvgIpc) is 3.07. The van der Waals surface area contributed by atoms with E-state index in [1.165, 1.54) is 18.4 Å². The van der Waals surface area contributed by atoms with Crippen LogP contribution in [0.2, 0.25) is 0 Å². The molecule has 1 saturated heterocycles. The molecule has 1 unspecified atom stereocenters. The summed E-state index contributed by atoms with van der Waals surface area (Å²) in [6, 6.07) is 0. The largest absolute Gasteiger partial charge is 0.465 e. The lowest BCUT2D eigenvalue weighted by atomic mass is 10.0. The summed E-state index contributed by atoms with van der Waals surface area (Å²) in [6.45, 7) is 3.92. The van der Waals surface area contributed by atoms with Crippen molar-refractivity contribution >= 4 is 28.9 Å². The smallest absolute Gasteiger partial charge is 0.350 e. The molecular weight excluding hydrogens is 276 g/mol. The fourth-order valence-corrected chi connectivity index (χ4v) is 3.26. The first-order chi connectivity index (χ1) is 9.61. The van der Waals surface area contributed by atoms with Crippen LogP contribution in [-0.4, -0.2) is 32.1 Å². The minimum Gasteiger partial charge on any atom is -0.465 e. The Bertz CT molecular complexity index is 493. The van der Waals surface area contributed by atoms with Crippen molar-refractivity contribution in [2.24, 2.45) is 5.92 Å². The second-order valence-electron chi connectivity index (χ2n) is 5.06. The fourth-order valence-electron chi connectivity index (χ4n) is 2.34. The van der Waals surface area contributed by atoms with Crippen molar-refractivity contribution in [3.63, 3.8) is 0 Å². The monoisotopic (exact) mass is 296 g/mol. The summed E-state index contributed by atoms with van der Waals surface area (Å²) >= 11 is 1.29. The first-order valence-corrected chi connectivity index (χ1v) is 7.66. The normalized spacial score (nSPS) is 18.0. The third kappa shape index (κ3) is 3.58. The molecule has 1 aromatic heterocycles. The van der Waals surface area contributed by atoms with Gasteiger partial charge >= 0.3 is 5.97 Å². The van der Waals surface area contributed by atoms with E-state index in [2.05, 4.69) is 10.6 Å². The molecule has 0 aliphatic carbocycles. The highest BCUT2D eigenvalue weighted by molar-refractivity contribution is 7.12. The molecule has 1 aliphatic heterocycles. The van der Waals surface area contributed by atoms with Crippen LogP contribution in [0, 0.1) is 12.8 Å². The zero-order valence-electron chi connectivity index (χ0n) is 11.8. The predicted octanol–water partition coefficient (Wildman–Crippen LogP) is 2.17. The number of esters is 1. The number of anilines is 1. The molecule has 0 aromatic carbocycles. The molecule has 0 saturated carbocycles. The van der Waals surface area contributed by atoms with E-state index in [0.717, 1.165) is 31.5 Å². The van der Waals surface area contributed by atoms with Gasteiger partial charge in [-0.2, -0.15) is 0 Å². The van der Waals surface area contributed by atoms with Crippen LogP contribution in [0.5, 0.6) is 0 Å². The number of rotatable bonds is 5. The van der Waals surface area contributed by atoms with Crippen LogP contribution in [-0.2, 0) is 9.53 Å². The average molecular weight is 296 g/mol. The summed E-state index contributed by atoms with van der Waals surface area (Å²) in [6.07, 6.45) is 2.51. The molecule has 0 bridgehead atoms. The van der Waals surface area contributed by atoms with E-state index in [0.29, 0.717) is 22.9 Å². The van der Waals surface area contributed by atoms with Crippen LogP contribution in [0.4, 0.5) is 5.69 Å². The Hall–Kier alpha value is -1.40. The van der Waals surface area contributed by atoms with Gasteiger partial charge in [0, 0.05) is 6.42 Å². The highest BCUT2D eigenvalue weighted by Gasteiger charge is 2.20. The molecule has 1 aromatic rings. The van der Waals surface area contributed by atoms with Gasteiger partial charge in [0.05, 0.1) is 12.8 Å². The number of amides is 1. The van der Waals surface area contributed by atoms with Crippen molar-refractivity contribution in [3.05, 3.63) is 15.8 Å². The minimum atomic E-state index is -0.404. The molecule has 1 atom stereocenters.